The van der Waals surface area contributed by atoms with Crippen molar-refractivity contribution in [1.82, 2.24) is 0 Å². The summed E-state index contributed by atoms with van der Waals surface area (Å²) in [6.45, 7) is 6.00. The number of nitrogens with two attached hydrogens (primary N) is 1. The number of nitrogens with zero attached hydrogens (tertiary/aromatic N) is 1. The van der Waals surface area contributed by atoms with Crippen molar-refractivity contribution in [2.24, 2.45) is 10.7 Å². The minimum atomic E-state index is -4.57. The minimum Gasteiger partial charge on any atom is -0.395 e. The molecule has 0 aromatic heterocycles. The Hall–Kier alpha value is -2.13. The predicted octanol–water partition coefficient (Wildman–Crippen LogP) is 5.23. The zero-order valence-corrected chi connectivity index (χ0v) is 16.3. The first-order valence-electron chi connectivity index (χ1n) is 8.74. The average molecular weight is 393 g/mol. The largest absolute Gasteiger partial charge is 0.430 e. The molecule has 6 heteroatoms. The molecule has 27 heavy (non-hydrogen) atoms. The summed E-state index contributed by atoms with van der Waals surface area (Å²) in [5, 5.41) is 2.32. The van der Waals surface area contributed by atoms with E-state index >= 15 is 0 Å². The number of halogens is 3. The third kappa shape index (κ3) is 5.67. The molecule has 0 fully saturated rings. The number of benzene rings is 1. The lowest BCUT2D eigenvalue weighted by Gasteiger charge is -2.25. The van der Waals surface area contributed by atoms with Crippen LogP contribution in [0.25, 0.3) is 0 Å². The van der Waals surface area contributed by atoms with E-state index in [1.807, 2.05) is 30.3 Å². The third-order valence-corrected chi connectivity index (χ3v) is 8.29. The van der Waals surface area contributed by atoms with E-state index in [1.165, 1.54) is 5.31 Å². The quantitative estimate of drug-likeness (QED) is 0.385. The molecule has 1 unspecified atom stereocenters. The van der Waals surface area contributed by atoms with E-state index in [4.69, 9.17) is 5.73 Å². The Morgan fingerprint density at radius 3 is 2.52 bits per heavy atom. The lowest BCUT2D eigenvalue weighted by atomic mass is 10.2. The van der Waals surface area contributed by atoms with Gasteiger partial charge in [-0.1, -0.05) is 30.4 Å². The highest BCUT2D eigenvalue weighted by Gasteiger charge is 2.40. The van der Waals surface area contributed by atoms with Crippen LogP contribution in [0.4, 0.5) is 13.2 Å². The van der Waals surface area contributed by atoms with Crippen molar-refractivity contribution in [3.8, 4) is 0 Å². The monoisotopic (exact) mass is 393 g/mol. The summed E-state index contributed by atoms with van der Waals surface area (Å²) in [6.07, 6.45) is 6.72. The van der Waals surface area contributed by atoms with E-state index in [0.29, 0.717) is 11.9 Å². The Kier molecular flexibility index (Phi) is 7.20. The van der Waals surface area contributed by atoms with E-state index in [1.54, 1.807) is 6.08 Å². The Labute approximate surface area is 159 Å². The second kappa shape index (κ2) is 9.18. The molecule has 0 heterocycles. The zero-order valence-electron chi connectivity index (χ0n) is 15.4. The second-order valence-electron chi connectivity index (χ2n) is 6.51. The first-order chi connectivity index (χ1) is 12.8. The molecule has 0 amide bonds. The summed E-state index contributed by atoms with van der Waals surface area (Å²) in [4.78, 5) is 4.32. The molecule has 0 saturated carbocycles. The van der Waals surface area contributed by atoms with E-state index in [-0.39, 0.29) is 6.54 Å². The maximum absolute atomic E-state index is 13.0. The average Bonchev–Trinajstić information content (AvgIpc) is 2.66. The van der Waals surface area contributed by atoms with Gasteiger partial charge >= 0.3 is 6.18 Å². The molecule has 0 radical (unpaired) electrons. The summed E-state index contributed by atoms with van der Waals surface area (Å²) in [7, 11) is -1.96. The molecule has 2 rings (SSSR count). The van der Waals surface area contributed by atoms with Crippen LogP contribution in [-0.2, 0) is 0 Å². The number of alkyl halides is 3. The fourth-order valence-electron chi connectivity index (χ4n) is 2.96. The zero-order chi connectivity index (χ0) is 19.9. The number of aliphatic imine (C=N–C) groups is 1. The highest BCUT2D eigenvalue weighted by molar-refractivity contribution is 7.86. The maximum Gasteiger partial charge on any atom is 0.430 e. The Morgan fingerprint density at radius 2 is 1.96 bits per heavy atom. The van der Waals surface area contributed by atoms with Crippen molar-refractivity contribution >= 4 is 18.3 Å². The molecule has 0 aliphatic heterocycles. The van der Waals surface area contributed by atoms with Crippen LogP contribution in [0.2, 0.25) is 0 Å². The molecule has 0 bridgehead atoms. The number of hydrogen-bond donors (Lipinski definition) is 1. The molecule has 1 aliphatic rings. The second-order valence-corrected chi connectivity index (χ2v) is 10.2. The molecule has 1 atom stereocenters. The van der Waals surface area contributed by atoms with E-state index in [9.17, 15) is 13.2 Å². The Bertz CT molecular complexity index is 776. The Balaban J connectivity index is 2.49. The minimum absolute atomic E-state index is 0.251. The molecule has 0 saturated heterocycles. The van der Waals surface area contributed by atoms with Gasteiger partial charge in [-0.25, -0.2) is 0 Å². The lowest BCUT2D eigenvalue weighted by Crippen LogP contribution is -2.24. The lowest BCUT2D eigenvalue weighted by molar-refractivity contribution is -0.0925. The molecular formula is C21H25F3N2P+. The van der Waals surface area contributed by atoms with Gasteiger partial charge in [0.05, 0.1) is 36.8 Å². The number of hydrogen-bond acceptors (Lipinski definition) is 2. The third-order valence-electron chi connectivity index (χ3n) is 4.42. The van der Waals surface area contributed by atoms with Crippen LogP contribution in [-0.4, -0.2) is 31.3 Å². The number of rotatable bonds is 7. The normalized spacial score (nSPS) is 18.0. The number of allylic oxidation sites excluding steroid dienone is 6. The fraction of sp³-hybridized carbons (Fsp3) is 0.286. The summed E-state index contributed by atoms with van der Waals surface area (Å²) in [5.41, 5.74) is 4.50. The van der Waals surface area contributed by atoms with Gasteiger partial charge in [0.1, 0.15) is 11.9 Å². The van der Waals surface area contributed by atoms with Crippen molar-refractivity contribution in [2.45, 2.75) is 19.0 Å². The van der Waals surface area contributed by atoms with Crippen LogP contribution in [0, 0.1) is 0 Å². The highest BCUT2D eigenvalue weighted by atomic mass is 31.2. The van der Waals surface area contributed by atoms with E-state index in [0.717, 1.165) is 24.2 Å². The van der Waals surface area contributed by atoms with Gasteiger partial charge in [-0.2, -0.15) is 13.2 Å². The van der Waals surface area contributed by atoms with Crippen LogP contribution in [0.15, 0.2) is 83.3 Å². The summed E-state index contributed by atoms with van der Waals surface area (Å²) in [6, 6.07) is 9.94. The molecule has 2 nitrogen and oxygen atoms in total. The predicted molar refractivity (Wildman–Crippen MR) is 111 cm³/mol. The summed E-state index contributed by atoms with van der Waals surface area (Å²) in [5.74, 6) is 0. The first-order valence-corrected chi connectivity index (χ1v) is 11.2. The summed E-state index contributed by atoms with van der Waals surface area (Å²) >= 11 is 0. The molecule has 144 valence electrons. The van der Waals surface area contributed by atoms with Gasteiger partial charge in [-0.05, 0) is 43.2 Å². The van der Waals surface area contributed by atoms with Crippen molar-refractivity contribution < 1.29 is 13.2 Å². The highest BCUT2D eigenvalue weighted by Crippen LogP contribution is 2.62. The van der Waals surface area contributed by atoms with Gasteiger partial charge in [-0.15, -0.1) is 6.58 Å². The Morgan fingerprint density at radius 1 is 1.26 bits per heavy atom. The first kappa shape index (κ1) is 21.2. The standard InChI is InChI=1S/C21H25F3N2P/c1-3-14-26-17(15-20(25)21(22,23)24)16-27(2,18-10-6-4-7-11-18)19-12-8-5-9-13-19/h3-4,6-8,10-13,15H,1,5,9,14,16,25H2,2H3/q+1. The van der Waals surface area contributed by atoms with Crippen LogP contribution in [0.1, 0.15) is 12.8 Å². The van der Waals surface area contributed by atoms with Crippen LogP contribution in [0.3, 0.4) is 0 Å². The molecule has 1 aromatic rings. The topological polar surface area (TPSA) is 38.4 Å². The molecule has 1 aromatic carbocycles. The van der Waals surface area contributed by atoms with E-state index in [2.05, 4.69) is 36.5 Å². The molecule has 1 aliphatic carbocycles. The fourth-order valence-corrected chi connectivity index (χ4v) is 6.26. The van der Waals surface area contributed by atoms with Crippen LogP contribution >= 0.6 is 7.26 Å². The maximum atomic E-state index is 13.0. The van der Waals surface area contributed by atoms with Gasteiger partial charge in [0.2, 0.25) is 0 Å². The van der Waals surface area contributed by atoms with Gasteiger partial charge in [0, 0.05) is 0 Å². The molecule has 2 N–H and O–H groups in total. The van der Waals surface area contributed by atoms with Crippen molar-refractivity contribution in [1.29, 1.82) is 0 Å². The van der Waals surface area contributed by atoms with Gasteiger partial charge in [0.15, 0.2) is 0 Å². The van der Waals surface area contributed by atoms with Gasteiger partial charge < -0.3 is 5.73 Å². The van der Waals surface area contributed by atoms with Gasteiger partial charge in [0.25, 0.3) is 0 Å². The van der Waals surface area contributed by atoms with Crippen molar-refractivity contribution in [2.75, 3.05) is 19.4 Å². The van der Waals surface area contributed by atoms with Crippen molar-refractivity contribution in [3.63, 3.8) is 0 Å². The van der Waals surface area contributed by atoms with Gasteiger partial charge in [-0.3, -0.25) is 4.99 Å². The van der Waals surface area contributed by atoms with Crippen molar-refractivity contribution in [3.05, 3.63) is 78.3 Å². The smallest absolute Gasteiger partial charge is 0.395 e. The van der Waals surface area contributed by atoms with Crippen LogP contribution in [0.5, 0.6) is 0 Å². The molecular weight excluding hydrogens is 368 g/mol. The SMILES string of the molecule is C=CCN=C(C=C(N)C(F)(F)F)C[P+](C)(C1=CCCC=C1)c1ccccc1. The summed E-state index contributed by atoms with van der Waals surface area (Å²) < 4.78 is 38.9. The van der Waals surface area contributed by atoms with Crippen LogP contribution < -0.4 is 11.0 Å². The molecule has 0 spiro atoms. The van der Waals surface area contributed by atoms with E-state index < -0.39 is 19.1 Å².